The SMILES string of the molecule is CNC(=O)c1ccc(NC(=O)C2(N)CCC2)cc1. The molecule has 0 atom stereocenters. The van der Waals surface area contributed by atoms with Crippen LogP contribution < -0.4 is 16.4 Å². The summed E-state index contributed by atoms with van der Waals surface area (Å²) in [6.45, 7) is 0. The van der Waals surface area contributed by atoms with Gasteiger partial charge in [-0.1, -0.05) is 0 Å². The molecule has 2 rings (SSSR count). The highest BCUT2D eigenvalue weighted by molar-refractivity contribution is 5.99. The first-order valence-corrected chi connectivity index (χ1v) is 5.98. The highest BCUT2D eigenvalue weighted by Crippen LogP contribution is 2.30. The smallest absolute Gasteiger partial charge is 0.251 e. The highest BCUT2D eigenvalue weighted by Gasteiger charge is 2.40. The van der Waals surface area contributed by atoms with E-state index in [1.807, 2.05) is 0 Å². The van der Waals surface area contributed by atoms with E-state index >= 15 is 0 Å². The fourth-order valence-corrected chi connectivity index (χ4v) is 1.89. The third-order valence-electron chi connectivity index (χ3n) is 3.33. The van der Waals surface area contributed by atoms with Crippen molar-refractivity contribution in [3.8, 4) is 0 Å². The van der Waals surface area contributed by atoms with Gasteiger partial charge < -0.3 is 16.4 Å². The van der Waals surface area contributed by atoms with Gasteiger partial charge in [0.15, 0.2) is 0 Å². The molecule has 1 aromatic rings. The van der Waals surface area contributed by atoms with Gasteiger partial charge in [-0.3, -0.25) is 9.59 Å². The molecule has 0 aliphatic heterocycles. The van der Waals surface area contributed by atoms with Crippen molar-refractivity contribution in [2.45, 2.75) is 24.8 Å². The Labute approximate surface area is 106 Å². The number of carbonyl (C=O) groups excluding carboxylic acids is 2. The number of hydrogen-bond acceptors (Lipinski definition) is 3. The third-order valence-corrected chi connectivity index (χ3v) is 3.33. The molecule has 0 heterocycles. The Hall–Kier alpha value is -1.88. The Morgan fingerprint density at radius 1 is 1.22 bits per heavy atom. The molecule has 0 unspecified atom stereocenters. The minimum atomic E-state index is -0.709. The molecular formula is C13H17N3O2. The van der Waals surface area contributed by atoms with E-state index in [9.17, 15) is 9.59 Å². The fourth-order valence-electron chi connectivity index (χ4n) is 1.89. The van der Waals surface area contributed by atoms with Crippen molar-refractivity contribution in [2.24, 2.45) is 5.73 Å². The van der Waals surface area contributed by atoms with Crippen LogP contribution in [-0.2, 0) is 4.79 Å². The molecular weight excluding hydrogens is 230 g/mol. The largest absolute Gasteiger partial charge is 0.355 e. The Bertz CT molecular complexity index is 464. The Morgan fingerprint density at radius 3 is 2.28 bits per heavy atom. The molecule has 18 heavy (non-hydrogen) atoms. The second kappa shape index (κ2) is 4.78. The highest BCUT2D eigenvalue weighted by atomic mass is 16.2. The van der Waals surface area contributed by atoms with Crippen LogP contribution in [0.3, 0.4) is 0 Å². The first-order chi connectivity index (χ1) is 8.55. The van der Waals surface area contributed by atoms with Crippen LogP contribution in [0.25, 0.3) is 0 Å². The van der Waals surface area contributed by atoms with E-state index < -0.39 is 5.54 Å². The number of rotatable bonds is 3. The average Bonchev–Trinajstić information content (AvgIpc) is 2.35. The van der Waals surface area contributed by atoms with Crippen molar-refractivity contribution in [2.75, 3.05) is 12.4 Å². The molecule has 0 aromatic heterocycles. The van der Waals surface area contributed by atoms with E-state index in [1.165, 1.54) is 0 Å². The van der Waals surface area contributed by atoms with Crippen LogP contribution in [0.5, 0.6) is 0 Å². The van der Waals surface area contributed by atoms with Crippen LogP contribution in [0.2, 0.25) is 0 Å². The summed E-state index contributed by atoms with van der Waals surface area (Å²) in [6, 6.07) is 6.73. The van der Waals surface area contributed by atoms with Crippen molar-refractivity contribution < 1.29 is 9.59 Å². The Kier molecular flexibility index (Phi) is 3.34. The van der Waals surface area contributed by atoms with Gasteiger partial charge in [-0.15, -0.1) is 0 Å². The molecule has 1 aromatic carbocycles. The first-order valence-electron chi connectivity index (χ1n) is 5.98. The van der Waals surface area contributed by atoms with Gasteiger partial charge in [-0.2, -0.15) is 0 Å². The molecule has 5 nitrogen and oxygen atoms in total. The third kappa shape index (κ3) is 2.36. The quantitative estimate of drug-likeness (QED) is 0.741. The number of carbonyl (C=O) groups is 2. The number of anilines is 1. The van der Waals surface area contributed by atoms with E-state index in [-0.39, 0.29) is 11.8 Å². The summed E-state index contributed by atoms with van der Waals surface area (Å²) in [6.07, 6.45) is 2.46. The lowest BCUT2D eigenvalue weighted by Gasteiger charge is -2.36. The maximum atomic E-state index is 11.9. The minimum Gasteiger partial charge on any atom is -0.355 e. The first kappa shape index (κ1) is 12.6. The van der Waals surface area contributed by atoms with Gasteiger partial charge in [0.1, 0.15) is 0 Å². The lowest BCUT2D eigenvalue weighted by Crippen LogP contribution is -2.56. The standard InChI is InChI=1S/C13H17N3O2/c1-15-11(17)9-3-5-10(6-4-9)16-12(18)13(14)7-2-8-13/h3-6H,2,7-8,14H2,1H3,(H,15,17)(H,16,18). The van der Waals surface area contributed by atoms with Gasteiger partial charge in [-0.05, 0) is 43.5 Å². The normalized spacial score (nSPS) is 16.6. The van der Waals surface area contributed by atoms with Crippen molar-refractivity contribution in [3.63, 3.8) is 0 Å². The van der Waals surface area contributed by atoms with E-state index in [1.54, 1.807) is 31.3 Å². The van der Waals surface area contributed by atoms with E-state index in [2.05, 4.69) is 10.6 Å². The van der Waals surface area contributed by atoms with Crippen molar-refractivity contribution in [3.05, 3.63) is 29.8 Å². The number of amides is 2. The van der Waals surface area contributed by atoms with Gasteiger partial charge in [-0.25, -0.2) is 0 Å². The van der Waals surface area contributed by atoms with Crippen LogP contribution in [0.15, 0.2) is 24.3 Å². The summed E-state index contributed by atoms with van der Waals surface area (Å²) in [7, 11) is 1.58. The van der Waals surface area contributed by atoms with Crippen LogP contribution in [-0.4, -0.2) is 24.4 Å². The number of nitrogens with one attached hydrogen (secondary N) is 2. The lowest BCUT2D eigenvalue weighted by molar-refractivity contribution is -0.123. The van der Waals surface area contributed by atoms with Gasteiger partial charge >= 0.3 is 0 Å². The molecule has 0 radical (unpaired) electrons. The Balaban J connectivity index is 2.02. The molecule has 1 aliphatic carbocycles. The average molecular weight is 247 g/mol. The fraction of sp³-hybridized carbons (Fsp3) is 0.385. The summed E-state index contributed by atoms with van der Waals surface area (Å²) in [4.78, 5) is 23.2. The van der Waals surface area contributed by atoms with Crippen molar-refractivity contribution in [1.29, 1.82) is 0 Å². The Morgan fingerprint density at radius 2 is 1.83 bits per heavy atom. The molecule has 1 aliphatic rings. The molecule has 1 fully saturated rings. The van der Waals surface area contributed by atoms with Gasteiger partial charge in [0.25, 0.3) is 5.91 Å². The van der Waals surface area contributed by atoms with E-state index in [0.717, 1.165) is 19.3 Å². The molecule has 4 N–H and O–H groups in total. The summed E-state index contributed by atoms with van der Waals surface area (Å²) >= 11 is 0. The molecule has 5 heteroatoms. The zero-order chi connectivity index (χ0) is 13.2. The van der Waals surface area contributed by atoms with Crippen LogP contribution >= 0.6 is 0 Å². The summed E-state index contributed by atoms with van der Waals surface area (Å²) in [5, 5.41) is 5.31. The molecule has 0 bridgehead atoms. The second-order valence-corrected chi connectivity index (χ2v) is 4.62. The molecule has 96 valence electrons. The molecule has 2 amide bonds. The minimum absolute atomic E-state index is 0.151. The summed E-state index contributed by atoms with van der Waals surface area (Å²) < 4.78 is 0. The topological polar surface area (TPSA) is 84.2 Å². The molecule has 0 saturated heterocycles. The predicted molar refractivity (Wildman–Crippen MR) is 69.2 cm³/mol. The van der Waals surface area contributed by atoms with Crippen LogP contribution in [0.1, 0.15) is 29.6 Å². The maximum Gasteiger partial charge on any atom is 0.251 e. The summed E-state index contributed by atoms with van der Waals surface area (Å²) in [5.41, 5.74) is 6.42. The van der Waals surface area contributed by atoms with E-state index in [4.69, 9.17) is 5.73 Å². The number of nitrogens with two attached hydrogens (primary N) is 1. The van der Waals surface area contributed by atoms with Crippen molar-refractivity contribution >= 4 is 17.5 Å². The van der Waals surface area contributed by atoms with Crippen LogP contribution in [0.4, 0.5) is 5.69 Å². The molecule has 0 spiro atoms. The van der Waals surface area contributed by atoms with Gasteiger partial charge in [0, 0.05) is 18.3 Å². The number of hydrogen-bond donors (Lipinski definition) is 3. The van der Waals surface area contributed by atoms with Crippen molar-refractivity contribution in [1.82, 2.24) is 5.32 Å². The van der Waals surface area contributed by atoms with Crippen LogP contribution in [0, 0.1) is 0 Å². The lowest BCUT2D eigenvalue weighted by atomic mass is 9.77. The van der Waals surface area contributed by atoms with E-state index in [0.29, 0.717) is 11.3 Å². The zero-order valence-corrected chi connectivity index (χ0v) is 10.3. The zero-order valence-electron chi connectivity index (χ0n) is 10.3. The van der Waals surface area contributed by atoms with Gasteiger partial charge in [0.05, 0.1) is 5.54 Å². The predicted octanol–water partition coefficient (Wildman–Crippen LogP) is 0.866. The maximum absolute atomic E-state index is 11.9. The molecule has 1 saturated carbocycles. The number of benzene rings is 1. The monoisotopic (exact) mass is 247 g/mol. The summed E-state index contributed by atoms with van der Waals surface area (Å²) in [5.74, 6) is -0.302. The van der Waals surface area contributed by atoms with Gasteiger partial charge in [0.2, 0.25) is 5.91 Å². The second-order valence-electron chi connectivity index (χ2n) is 4.62.